The van der Waals surface area contributed by atoms with Crippen LogP contribution in [-0.4, -0.2) is 5.11 Å². The van der Waals surface area contributed by atoms with Gasteiger partial charge in [-0.15, -0.1) is 0 Å². The summed E-state index contributed by atoms with van der Waals surface area (Å²) in [4.78, 5) is 0. The van der Waals surface area contributed by atoms with E-state index in [-0.39, 0.29) is 0 Å². The van der Waals surface area contributed by atoms with E-state index < -0.39 is 0 Å². The first kappa shape index (κ1) is 7.86. The molecule has 1 rings (SSSR count). The minimum absolute atomic E-state index is 0.454. The van der Waals surface area contributed by atoms with Gasteiger partial charge in [0.2, 0.25) is 0 Å². The normalized spacial score (nSPS) is 9.90. The molecule has 1 radical (unpaired) electrons. The van der Waals surface area contributed by atoms with Crippen LogP contribution in [0.4, 0.5) is 0 Å². The molecule has 0 unspecified atom stereocenters. The molecule has 53 valence electrons. The fraction of sp³-hybridized carbons (Fsp3) is 0. The Morgan fingerprint density at radius 1 is 1.20 bits per heavy atom. The van der Waals surface area contributed by atoms with Gasteiger partial charge in [0.05, 0.1) is 0 Å². The van der Waals surface area contributed by atoms with E-state index in [0.29, 0.717) is 15.6 Å². The summed E-state index contributed by atoms with van der Waals surface area (Å²) in [6.07, 6.45) is 0. The molecule has 0 spiro atoms. The zero-order valence-corrected chi connectivity index (χ0v) is 6.52. The molecule has 0 aliphatic rings. The van der Waals surface area contributed by atoms with E-state index >= 15 is 0 Å². The van der Waals surface area contributed by atoms with E-state index in [9.17, 15) is 0 Å². The average Bonchev–Trinajstić information content (AvgIpc) is 1.88. The first-order chi connectivity index (χ1) is 4.75. The molecule has 0 aromatic heterocycles. The fourth-order valence-electron chi connectivity index (χ4n) is 0.634. The van der Waals surface area contributed by atoms with Crippen LogP contribution in [-0.2, 0) is 0 Å². The summed E-state index contributed by atoms with van der Waals surface area (Å²) in [5.74, 6) is 0. The van der Waals surface area contributed by atoms with Gasteiger partial charge < -0.3 is 5.11 Å². The third-order valence-corrected chi connectivity index (χ3v) is 1.79. The number of rotatable bonds is 1. The lowest BCUT2D eigenvalue weighted by Gasteiger charge is -1.99. The van der Waals surface area contributed by atoms with E-state index in [1.807, 2.05) is 0 Å². The Bertz CT molecular complexity index is 215. The van der Waals surface area contributed by atoms with Crippen LogP contribution in [0.3, 0.4) is 0 Å². The maximum absolute atomic E-state index is 8.61. The van der Waals surface area contributed by atoms with Crippen LogP contribution in [0, 0.1) is 6.61 Å². The Labute approximate surface area is 69.2 Å². The summed E-state index contributed by atoms with van der Waals surface area (Å²) in [6, 6.07) is 5.04. The predicted octanol–water partition coefficient (Wildman–Crippen LogP) is 2.88. The monoisotopic (exact) mass is 175 g/mol. The molecule has 10 heavy (non-hydrogen) atoms. The van der Waals surface area contributed by atoms with Gasteiger partial charge in [0, 0.05) is 15.6 Å². The lowest BCUT2D eigenvalue weighted by Crippen LogP contribution is -1.82. The highest BCUT2D eigenvalue weighted by Crippen LogP contribution is 2.24. The first-order valence-electron chi connectivity index (χ1n) is 2.67. The Morgan fingerprint density at radius 3 is 2.00 bits per heavy atom. The number of aliphatic hydroxyl groups excluding tert-OH is 1. The van der Waals surface area contributed by atoms with Gasteiger partial charge in [-0.1, -0.05) is 29.3 Å². The minimum atomic E-state index is 0.454. The number of hydrogen-bond acceptors (Lipinski definition) is 1. The molecule has 0 atom stereocenters. The summed E-state index contributed by atoms with van der Waals surface area (Å²) < 4.78 is 0. The Morgan fingerprint density at radius 2 is 1.70 bits per heavy atom. The number of halogens is 2. The van der Waals surface area contributed by atoms with Crippen molar-refractivity contribution in [2.24, 2.45) is 0 Å². The zero-order chi connectivity index (χ0) is 7.56. The minimum Gasteiger partial charge on any atom is -0.385 e. The zero-order valence-electron chi connectivity index (χ0n) is 5.01. The molecule has 0 saturated heterocycles. The fourth-order valence-corrected chi connectivity index (χ4v) is 1.13. The lowest BCUT2D eigenvalue weighted by atomic mass is 10.2. The summed E-state index contributed by atoms with van der Waals surface area (Å²) in [5, 5.41) is 9.51. The van der Waals surface area contributed by atoms with Crippen molar-refractivity contribution in [2.45, 2.75) is 0 Å². The highest BCUT2D eigenvalue weighted by atomic mass is 35.5. The van der Waals surface area contributed by atoms with Crippen LogP contribution >= 0.6 is 23.2 Å². The van der Waals surface area contributed by atoms with Crippen LogP contribution < -0.4 is 0 Å². The molecular weight excluding hydrogens is 171 g/mol. The van der Waals surface area contributed by atoms with Crippen molar-refractivity contribution in [3.63, 3.8) is 0 Å². The molecule has 0 heterocycles. The van der Waals surface area contributed by atoms with E-state index in [1.165, 1.54) is 0 Å². The summed E-state index contributed by atoms with van der Waals surface area (Å²) in [6.45, 7) is 0.894. The molecule has 0 amide bonds. The topological polar surface area (TPSA) is 20.2 Å². The predicted molar refractivity (Wildman–Crippen MR) is 41.8 cm³/mol. The van der Waals surface area contributed by atoms with Gasteiger partial charge in [0.15, 0.2) is 0 Å². The van der Waals surface area contributed by atoms with Gasteiger partial charge in [-0.3, -0.25) is 0 Å². The molecule has 1 nitrogen and oxygen atoms in total. The van der Waals surface area contributed by atoms with E-state index in [4.69, 9.17) is 28.3 Å². The quantitative estimate of drug-likeness (QED) is 0.697. The summed E-state index contributed by atoms with van der Waals surface area (Å²) in [7, 11) is 0. The van der Waals surface area contributed by atoms with Crippen molar-refractivity contribution in [1.29, 1.82) is 0 Å². The number of hydrogen-bond donors (Lipinski definition) is 1. The molecule has 1 aromatic rings. The van der Waals surface area contributed by atoms with Gasteiger partial charge in [0.25, 0.3) is 0 Å². The van der Waals surface area contributed by atoms with Crippen LogP contribution in [0.2, 0.25) is 10.0 Å². The van der Waals surface area contributed by atoms with Crippen molar-refractivity contribution in [1.82, 2.24) is 0 Å². The largest absolute Gasteiger partial charge is 0.385 e. The van der Waals surface area contributed by atoms with Crippen molar-refractivity contribution < 1.29 is 5.11 Å². The van der Waals surface area contributed by atoms with Gasteiger partial charge in [0.1, 0.15) is 6.61 Å². The number of aliphatic hydroxyl groups is 1. The Hall–Kier alpha value is -0.240. The molecule has 0 aliphatic carbocycles. The molecule has 0 aliphatic heterocycles. The molecular formula is C7H5Cl2O. The maximum Gasteiger partial charge on any atom is 0.112 e. The van der Waals surface area contributed by atoms with Crippen molar-refractivity contribution >= 4 is 23.2 Å². The van der Waals surface area contributed by atoms with Crippen LogP contribution in [0.5, 0.6) is 0 Å². The molecule has 1 N–H and O–H groups in total. The first-order valence-corrected chi connectivity index (χ1v) is 3.42. The van der Waals surface area contributed by atoms with Gasteiger partial charge >= 0.3 is 0 Å². The molecule has 0 fully saturated rings. The third kappa shape index (κ3) is 1.43. The Kier molecular flexibility index (Phi) is 2.55. The van der Waals surface area contributed by atoms with Gasteiger partial charge in [-0.25, -0.2) is 0 Å². The Balaban J connectivity index is 3.17. The molecule has 0 bridgehead atoms. The van der Waals surface area contributed by atoms with E-state index in [0.717, 1.165) is 6.61 Å². The second-order valence-electron chi connectivity index (χ2n) is 1.76. The van der Waals surface area contributed by atoms with Crippen LogP contribution in [0.15, 0.2) is 18.2 Å². The second-order valence-corrected chi connectivity index (χ2v) is 2.58. The van der Waals surface area contributed by atoms with Gasteiger partial charge in [-0.05, 0) is 12.1 Å². The van der Waals surface area contributed by atoms with Crippen molar-refractivity contribution in [3.05, 3.63) is 40.4 Å². The summed E-state index contributed by atoms with van der Waals surface area (Å²) in [5.41, 5.74) is 0.464. The molecule has 1 aromatic carbocycles. The van der Waals surface area contributed by atoms with Crippen molar-refractivity contribution in [2.75, 3.05) is 0 Å². The average molecular weight is 176 g/mol. The smallest absolute Gasteiger partial charge is 0.112 e. The molecule has 0 saturated carbocycles. The molecule has 3 heteroatoms. The van der Waals surface area contributed by atoms with Crippen LogP contribution in [0.1, 0.15) is 5.56 Å². The van der Waals surface area contributed by atoms with Crippen molar-refractivity contribution in [3.8, 4) is 0 Å². The van der Waals surface area contributed by atoms with E-state index in [2.05, 4.69) is 0 Å². The third-order valence-electron chi connectivity index (χ3n) is 1.13. The highest BCUT2D eigenvalue weighted by molar-refractivity contribution is 6.36. The van der Waals surface area contributed by atoms with Crippen LogP contribution in [0.25, 0.3) is 0 Å². The second kappa shape index (κ2) is 3.24. The summed E-state index contributed by atoms with van der Waals surface area (Å²) >= 11 is 11.3. The maximum atomic E-state index is 8.61. The SMILES string of the molecule is O[CH]c1c(Cl)cccc1Cl. The standard InChI is InChI=1S/C7H5Cl2O/c8-6-2-1-3-7(9)5(6)4-10/h1-4,10H. The lowest BCUT2D eigenvalue weighted by molar-refractivity contribution is 0.415. The number of benzene rings is 1. The van der Waals surface area contributed by atoms with Gasteiger partial charge in [-0.2, -0.15) is 0 Å². The van der Waals surface area contributed by atoms with E-state index in [1.54, 1.807) is 18.2 Å². The highest BCUT2D eigenvalue weighted by Gasteiger charge is 2.02.